The summed E-state index contributed by atoms with van der Waals surface area (Å²) in [6.45, 7) is 6.26. The van der Waals surface area contributed by atoms with Gasteiger partial charge in [0.2, 0.25) is 0 Å². The number of aromatic nitrogens is 2. The highest BCUT2D eigenvalue weighted by Gasteiger charge is 2.09. The van der Waals surface area contributed by atoms with Crippen molar-refractivity contribution in [2.24, 2.45) is 0 Å². The highest BCUT2D eigenvalue weighted by molar-refractivity contribution is 5.50. The van der Waals surface area contributed by atoms with E-state index in [1.807, 2.05) is 23.9 Å². The molecule has 5 heteroatoms. The molecule has 4 nitrogen and oxygen atoms in total. The molecule has 1 heterocycles. The third-order valence-corrected chi connectivity index (χ3v) is 3.40. The fourth-order valence-electron chi connectivity index (χ4n) is 1.82. The first-order valence-corrected chi connectivity index (χ1v) is 6.73. The molecule has 1 atom stereocenters. The van der Waals surface area contributed by atoms with Crippen LogP contribution in [0.25, 0.3) is 0 Å². The number of halogens is 1. The highest BCUT2D eigenvalue weighted by Crippen LogP contribution is 2.24. The van der Waals surface area contributed by atoms with Gasteiger partial charge in [0.15, 0.2) is 11.6 Å². The average molecular weight is 277 g/mol. The molecule has 0 spiro atoms. The van der Waals surface area contributed by atoms with E-state index in [9.17, 15) is 4.39 Å². The summed E-state index contributed by atoms with van der Waals surface area (Å²) in [5.41, 5.74) is 7.64. The Morgan fingerprint density at radius 1 is 1.45 bits per heavy atom. The van der Waals surface area contributed by atoms with E-state index < -0.39 is 5.82 Å². The van der Waals surface area contributed by atoms with Gasteiger partial charge in [-0.3, -0.25) is 4.68 Å². The van der Waals surface area contributed by atoms with Crippen molar-refractivity contribution >= 4 is 5.69 Å². The SMILES string of the molecule is CCC(C)n1ccc(COc2cc(C)c(N)cc2F)n1. The Hall–Kier alpha value is -2.04. The maximum atomic E-state index is 13.7. The van der Waals surface area contributed by atoms with E-state index >= 15 is 0 Å². The number of benzene rings is 1. The molecule has 2 aromatic rings. The Kier molecular flexibility index (Phi) is 4.27. The topological polar surface area (TPSA) is 53.1 Å². The predicted octanol–water partition coefficient (Wildman–Crippen LogP) is 3.46. The van der Waals surface area contributed by atoms with Crippen molar-refractivity contribution < 1.29 is 9.13 Å². The summed E-state index contributed by atoms with van der Waals surface area (Å²) in [6, 6.07) is 5.12. The van der Waals surface area contributed by atoms with Crippen molar-refractivity contribution in [3.05, 3.63) is 41.5 Å². The van der Waals surface area contributed by atoms with Gasteiger partial charge in [-0.1, -0.05) is 6.92 Å². The summed E-state index contributed by atoms with van der Waals surface area (Å²) in [5, 5.41) is 4.41. The van der Waals surface area contributed by atoms with Gasteiger partial charge in [0.25, 0.3) is 0 Å². The van der Waals surface area contributed by atoms with Gasteiger partial charge in [0, 0.05) is 24.0 Å². The van der Waals surface area contributed by atoms with Crippen LogP contribution in [0.5, 0.6) is 5.75 Å². The van der Waals surface area contributed by atoms with Gasteiger partial charge in [-0.15, -0.1) is 0 Å². The minimum absolute atomic E-state index is 0.204. The smallest absolute Gasteiger partial charge is 0.167 e. The van der Waals surface area contributed by atoms with Crippen LogP contribution in [0.3, 0.4) is 0 Å². The zero-order valence-electron chi connectivity index (χ0n) is 12.1. The van der Waals surface area contributed by atoms with Gasteiger partial charge in [0.1, 0.15) is 6.61 Å². The zero-order chi connectivity index (χ0) is 14.7. The molecule has 0 bridgehead atoms. The van der Waals surface area contributed by atoms with Crippen molar-refractivity contribution in [2.45, 2.75) is 39.8 Å². The number of aryl methyl sites for hydroxylation is 1. The van der Waals surface area contributed by atoms with Gasteiger partial charge < -0.3 is 10.5 Å². The van der Waals surface area contributed by atoms with Crippen molar-refractivity contribution in [2.75, 3.05) is 5.73 Å². The molecule has 108 valence electrons. The molecule has 0 saturated carbocycles. The number of nitrogen functional groups attached to an aromatic ring is 1. The summed E-state index contributed by atoms with van der Waals surface area (Å²) >= 11 is 0. The van der Waals surface area contributed by atoms with Crippen LogP contribution in [-0.4, -0.2) is 9.78 Å². The molecule has 1 unspecified atom stereocenters. The van der Waals surface area contributed by atoms with Crippen molar-refractivity contribution in [1.82, 2.24) is 9.78 Å². The zero-order valence-corrected chi connectivity index (χ0v) is 12.1. The van der Waals surface area contributed by atoms with E-state index in [0.717, 1.165) is 17.7 Å². The number of anilines is 1. The van der Waals surface area contributed by atoms with Crippen LogP contribution in [-0.2, 0) is 6.61 Å². The Bertz CT molecular complexity index is 595. The van der Waals surface area contributed by atoms with Crippen LogP contribution in [0.4, 0.5) is 10.1 Å². The minimum atomic E-state index is -0.450. The number of rotatable bonds is 5. The summed E-state index contributed by atoms with van der Waals surface area (Å²) in [4.78, 5) is 0. The van der Waals surface area contributed by atoms with Crippen LogP contribution in [0.1, 0.15) is 37.6 Å². The molecule has 0 saturated heterocycles. The van der Waals surface area contributed by atoms with E-state index in [-0.39, 0.29) is 12.4 Å². The maximum Gasteiger partial charge on any atom is 0.167 e. The molecule has 2 rings (SSSR count). The Labute approximate surface area is 118 Å². The van der Waals surface area contributed by atoms with Crippen molar-refractivity contribution in [3.8, 4) is 5.75 Å². The fourth-order valence-corrected chi connectivity index (χ4v) is 1.82. The number of ether oxygens (including phenoxy) is 1. The highest BCUT2D eigenvalue weighted by atomic mass is 19.1. The molecule has 0 aliphatic heterocycles. The number of nitrogens with zero attached hydrogens (tertiary/aromatic N) is 2. The second kappa shape index (κ2) is 5.94. The maximum absolute atomic E-state index is 13.7. The summed E-state index contributed by atoms with van der Waals surface area (Å²) in [6.07, 6.45) is 2.92. The summed E-state index contributed by atoms with van der Waals surface area (Å²) in [5.74, 6) is -0.246. The largest absolute Gasteiger partial charge is 0.484 e. The second-order valence-electron chi connectivity index (χ2n) is 4.97. The summed E-state index contributed by atoms with van der Waals surface area (Å²) < 4.78 is 21.1. The quantitative estimate of drug-likeness (QED) is 0.851. The van der Waals surface area contributed by atoms with Gasteiger partial charge in [-0.05, 0) is 38.0 Å². The van der Waals surface area contributed by atoms with Crippen LogP contribution in [0.15, 0.2) is 24.4 Å². The molecule has 1 aromatic heterocycles. The molecular formula is C15H20FN3O. The first kappa shape index (κ1) is 14.4. The lowest BCUT2D eigenvalue weighted by molar-refractivity contribution is 0.283. The molecule has 0 amide bonds. The lowest BCUT2D eigenvalue weighted by Gasteiger charge is -2.09. The Balaban J connectivity index is 2.05. The van der Waals surface area contributed by atoms with Crippen LogP contribution < -0.4 is 10.5 Å². The normalized spacial score (nSPS) is 12.4. The van der Waals surface area contributed by atoms with E-state index in [4.69, 9.17) is 10.5 Å². The van der Waals surface area contributed by atoms with Crippen LogP contribution >= 0.6 is 0 Å². The number of hydrogen-bond donors (Lipinski definition) is 1. The Morgan fingerprint density at radius 3 is 2.90 bits per heavy atom. The van der Waals surface area contributed by atoms with Gasteiger partial charge in [0.05, 0.1) is 5.69 Å². The molecule has 0 aliphatic rings. The van der Waals surface area contributed by atoms with Gasteiger partial charge >= 0.3 is 0 Å². The van der Waals surface area contributed by atoms with Gasteiger partial charge in [-0.2, -0.15) is 5.10 Å². The van der Waals surface area contributed by atoms with E-state index in [2.05, 4.69) is 18.9 Å². The van der Waals surface area contributed by atoms with Crippen molar-refractivity contribution in [1.29, 1.82) is 0 Å². The Morgan fingerprint density at radius 2 is 2.20 bits per heavy atom. The van der Waals surface area contributed by atoms with Crippen LogP contribution in [0.2, 0.25) is 0 Å². The first-order chi connectivity index (χ1) is 9.51. The predicted molar refractivity (Wildman–Crippen MR) is 77.1 cm³/mol. The third kappa shape index (κ3) is 3.10. The lowest BCUT2D eigenvalue weighted by Crippen LogP contribution is -2.06. The van der Waals surface area contributed by atoms with E-state index in [0.29, 0.717) is 11.7 Å². The molecule has 0 radical (unpaired) electrons. The molecular weight excluding hydrogens is 257 g/mol. The average Bonchev–Trinajstić information content (AvgIpc) is 2.89. The molecule has 1 aromatic carbocycles. The fraction of sp³-hybridized carbons (Fsp3) is 0.400. The number of hydrogen-bond acceptors (Lipinski definition) is 3. The monoisotopic (exact) mass is 277 g/mol. The van der Waals surface area contributed by atoms with E-state index in [1.165, 1.54) is 6.07 Å². The summed E-state index contributed by atoms with van der Waals surface area (Å²) in [7, 11) is 0. The standard InChI is InChI=1S/C15H20FN3O/c1-4-11(3)19-6-5-12(18-19)9-20-15-7-10(2)14(17)8-13(15)16/h5-8,11H,4,9,17H2,1-3H3. The molecule has 2 N–H and O–H groups in total. The molecule has 20 heavy (non-hydrogen) atoms. The van der Waals surface area contributed by atoms with Gasteiger partial charge in [-0.25, -0.2) is 4.39 Å². The van der Waals surface area contributed by atoms with E-state index in [1.54, 1.807) is 6.07 Å². The molecule has 0 fully saturated rings. The second-order valence-corrected chi connectivity index (χ2v) is 4.97. The number of nitrogens with two attached hydrogens (primary N) is 1. The van der Waals surface area contributed by atoms with Crippen molar-refractivity contribution in [3.63, 3.8) is 0 Å². The lowest BCUT2D eigenvalue weighted by atomic mass is 10.2. The minimum Gasteiger partial charge on any atom is -0.484 e. The van der Waals surface area contributed by atoms with Crippen LogP contribution in [0, 0.1) is 12.7 Å². The first-order valence-electron chi connectivity index (χ1n) is 6.73. The molecule has 0 aliphatic carbocycles. The third-order valence-electron chi connectivity index (χ3n) is 3.40.